The highest BCUT2D eigenvalue weighted by molar-refractivity contribution is 5.70. The molecule has 56 valence electrons. The lowest BCUT2D eigenvalue weighted by Gasteiger charge is -2.01. The molecule has 2 unspecified atom stereocenters. The first-order chi connectivity index (χ1) is 4.72. The normalized spacial score (nSPS) is 44.2. The van der Waals surface area contributed by atoms with Crippen molar-refractivity contribution in [3.05, 3.63) is 0 Å². The zero-order valence-electron chi connectivity index (χ0n) is 5.76. The van der Waals surface area contributed by atoms with Gasteiger partial charge in [-0.3, -0.25) is 4.79 Å². The van der Waals surface area contributed by atoms with Crippen molar-refractivity contribution in [2.24, 2.45) is 5.92 Å². The van der Waals surface area contributed by atoms with Crippen molar-refractivity contribution < 1.29 is 9.90 Å². The Labute approximate surface area is 59.4 Å². The first-order valence-electron chi connectivity index (χ1n) is 3.70. The zero-order chi connectivity index (χ0) is 7.19. The lowest BCUT2D eigenvalue weighted by Crippen LogP contribution is -2.14. The monoisotopic (exact) mass is 141 g/mol. The highest BCUT2D eigenvalue weighted by atomic mass is 16.4. The fraction of sp³-hybridized carbons (Fsp3) is 0.857. The van der Waals surface area contributed by atoms with E-state index in [9.17, 15) is 4.79 Å². The van der Waals surface area contributed by atoms with E-state index in [0.29, 0.717) is 0 Å². The van der Waals surface area contributed by atoms with Crippen LogP contribution in [0.1, 0.15) is 19.3 Å². The van der Waals surface area contributed by atoms with Crippen LogP contribution in [0.5, 0.6) is 0 Å². The number of carboxylic acid groups (broad SMARTS) is 1. The Morgan fingerprint density at radius 2 is 2.40 bits per heavy atom. The standard InChI is InChI=1S/C7H11NO2/c9-6(10)5-1-2-7(3-5)4-8-7/h5,8H,1-4H2,(H,9,10). The molecular weight excluding hydrogens is 130 g/mol. The van der Waals surface area contributed by atoms with E-state index in [1.165, 1.54) is 0 Å². The Morgan fingerprint density at radius 3 is 2.70 bits per heavy atom. The molecule has 2 rings (SSSR count). The topological polar surface area (TPSA) is 59.2 Å². The summed E-state index contributed by atoms with van der Waals surface area (Å²) in [4.78, 5) is 10.5. The fourth-order valence-electron chi connectivity index (χ4n) is 1.78. The summed E-state index contributed by atoms with van der Waals surface area (Å²) in [7, 11) is 0. The number of nitrogens with one attached hydrogen (secondary N) is 1. The number of aliphatic carboxylic acids is 1. The van der Waals surface area contributed by atoms with Gasteiger partial charge in [-0.2, -0.15) is 0 Å². The van der Waals surface area contributed by atoms with Crippen molar-refractivity contribution in [1.29, 1.82) is 0 Å². The van der Waals surface area contributed by atoms with Crippen LogP contribution < -0.4 is 5.32 Å². The van der Waals surface area contributed by atoms with Crippen LogP contribution in [-0.2, 0) is 4.79 Å². The number of hydrogen-bond acceptors (Lipinski definition) is 2. The minimum absolute atomic E-state index is 0.0741. The molecule has 0 radical (unpaired) electrons. The Kier molecular flexibility index (Phi) is 1.06. The molecule has 1 saturated carbocycles. The van der Waals surface area contributed by atoms with Crippen LogP contribution in [0, 0.1) is 5.92 Å². The average Bonchev–Trinajstić information content (AvgIpc) is 2.41. The summed E-state index contributed by atoms with van der Waals surface area (Å²) < 4.78 is 0. The van der Waals surface area contributed by atoms with Crippen molar-refractivity contribution in [1.82, 2.24) is 5.32 Å². The average molecular weight is 141 g/mol. The minimum Gasteiger partial charge on any atom is -0.481 e. The second kappa shape index (κ2) is 1.72. The lowest BCUT2D eigenvalue weighted by atomic mass is 10.1. The quantitative estimate of drug-likeness (QED) is 0.513. The van der Waals surface area contributed by atoms with Gasteiger partial charge in [-0.1, -0.05) is 0 Å². The van der Waals surface area contributed by atoms with Crippen molar-refractivity contribution in [2.45, 2.75) is 24.8 Å². The van der Waals surface area contributed by atoms with Gasteiger partial charge in [0, 0.05) is 12.1 Å². The largest absolute Gasteiger partial charge is 0.481 e. The summed E-state index contributed by atoms with van der Waals surface area (Å²) in [5, 5.41) is 11.9. The molecule has 10 heavy (non-hydrogen) atoms. The molecule has 2 atom stereocenters. The van der Waals surface area contributed by atoms with Crippen LogP contribution >= 0.6 is 0 Å². The van der Waals surface area contributed by atoms with E-state index in [1.54, 1.807) is 0 Å². The van der Waals surface area contributed by atoms with Gasteiger partial charge in [-0.25, -0.2) is 0 Å². The van der Waals surface area contributed by atoms with Crippen LogP contribution in [0.25, 0.3) is 0 Å². The van der Waals surface area contributed by atoms with Gasteiger partial charge in [-0.05, 0) is 19.3 Å². The summed E-state index contributed by atoms with van der Waals surface area (Å²) in [5.74, 6) is -0.694. The predicted octanol–water partition coefficient (Wildman–Crippen LogP) is 0.213. The van der Waals surface area contributed by atoms with Gasteiger partial charge in [0.25, 0.3) is 0 Å². The van der Waals surface area contributed by atoms with Crippen LogP contribution in [0.4, 0.5) is 0 Å². The molecule has 1 spiro atoms. The van der Waals surface area contributed by atoms with Crippen LogP contribution in [-0.4, -0.2) is 23.2 Å². The molecule has 1 saturated heterocycles. The van der Waals surface area contributed by atoms with Gasteiger partial charge in [0.2, 0.25) is 0 Å². The molecule has 0 aromatic heterocycles. The first-order valence-corrected chi connectivity index (χ1v) is 3.70. The van der Waals surface area contributed by atoms with Gasteiger partial charge in [0.05, 0.1) is 5.92 Å². The van der Waals surface area contributed by atoms with E-state index in [1.807, 2.05) is 0 Å². The molecule has 0 amide bonds. The summed E-state index contributed by atoms with van der Waals surface area (Å²) in [6, 6.07) is 0. The highest BCUT2D eigenvalue weighted by Crippen LogP contribution is 2.40. The number of carboxylic acids is 1. The third-order valence-electron chi connectivity index (χ3n) is 2.63. The first kappa shape index (κ1) is 6.16. The number of rotatable bonds is 1. The molecule has 3 heteroatoms. The maximum absolute atomic E-state index is 10.5. The Hall–Kier alpha value is -0.570. The van der Waals surface area contributed by atoms with Crippen molar-refractivity contribution in [2.75, 3.05) is 6.54 Å². The maximum atomic E-state index is 10.5. The van der Waals surface area contributed by atoms with E-state index in [2.05, 4.69) is 5.32 Å². The van der Waals surface area contributed by atoms with Gasteiger partial charge < -0.3 is 10.4 Å². The van der Waals surface area contributed by atoms with Crippen LogP contribution in [0.15, 0.2) is 0 Å². The molecule has 2 fully saturated rings. The van der Waals surface area contributed by atoms with Gasteiger partial charge in [0.15, 0.2) is 0 Å². The third-order valence-corrected chi connectivity index (χ3v) is 2.63. The van der Waals surface area contributed by atoms with Gasteiger partial charge >= 0.3 is 5.97 Å². The Bertz CT molecular complexity index is 174. The minimum atomic E-state index is -0.620. The molecular formula is C7H11NO2. The van der Waals surface area contributed by atoms with Crippen molar-refractivity contribution in [3.8, 4) is 0 Å². The van der Waals surface area contributed by atoms with Crippen LogP contribution in [0.3, 0.4) is 0 Å². The molecule has 0 aromatic rings. The predicted molar refractivity (Wildman–Crippen MR) is 35.7 cm³/mol. The molecule has 1 aliphatic heterocycles. The summed E-state index contributed by atoms with van der Waals surface area (Å²) in [6.45, 7) is 1.04. The summed E-state index contributed by atoms with van der Waals surface area (Å²) in [6.07, 6.45) is 2.77. The maximum Gasteiger partial charge on any atom is 0.306 e. The zero-order valence-corrected chi connectivity index (χ0v) is 5.76. The third kappa shape index (κ3) is 0.814. The van der Waals surface area contributed by atoms with Crippen LogP contribution in [0.2, 0.25) is 0 Å². The van der Waals surface area contributed by atoms with Gasteiger partial charge in [-0.15, -0.1) is 0 Å². The summed E-state index contributed by atoms with van der Waals surface area (Å²) >= 11 is 0. The molecule has 2 aliphatic rings. The molecule has 0 aromatic carbocycles. The smallest absolute Gasteiger partial charge is 0.306 e. The number of carbonyl (C=O) groups is 1. The number of hydrogen-bond donors (Lipinski definition) is 2. The van der Waals surface area contributed by atoms with E-state index in [4.69, 9.17) is 5.11 Å². The molecule has 1 heterocycles. The van der Waals surface area contributed by atoms with E-state index in [-0.39, 0.29) is 11.5 Å². The van der Waals surface area contributed by atoms with E-state index < -0.39 is 5.97 Å². The Balaban J connectivity index is 1.99. The molecule has 3 nitrogen and oxygen atoms in total. The second-order valence-electron chi connectivity index (χ2n) is 3.41. The van der Waals surface area contributed by atoms with E-state index >= 15 is 0 Å². The van der Waals surface area contributed by atoms with E-state index in [0.717, 1.165) is 25.8 Å². The molecule has 2 N–H and O–H groups in total. The second-order valence-corrected chi connectivity index (χ2v) is 3.41. The molecule has 1 aliphatic carbocycles. The van der Waals surface area contributed by atoms with Crippen molar-refractivity contribution in [3.63, 3.8) is 0 Å². The Morgan fingerprint density at radius 1 is 1.70 bits per heavy atom. The fourth-order valence-corrected chi connectivity index (χ4v) is 1.78. The lowest BCUT2D eigenvalue weighted by molar-refractivity contribution is -0.141. The summed E-state index contributed by atoms with van der Waals surface area (Å²) in [5.41, 5.74) is 0.267. The van der Waals surface area contributed by atoms with Crippen molar-refractivity contribution >= 4 is 5.97 Å². The SMILES string of the molecule is O=C(O)C1CCC2(CN2)C1. The molecule has 0 bridgehead atoms. The highest BCUT2D eigenvalue weighted by Gasteiger charge is 2.49. The van der Waals surface area contributed by atoms with Gasteiger partial charge in [0.1, 0.15) is 0 Å².